The van der Waals surface area contributed by atoms with Crippen molar-refractivity contribution in [1.82, 2.24) is 14.2 Å². The fourth-order valence-electron chi connectivity index (χ4n) is 3.77. The number of hydrogen-bond acceptors (Lipinski definition) is 7. The molecule has 9 nitrogen and oxygen atoms in total. The van der Waals surface area contributed by atoms with Gasteiger partial charge in [-0.3, -0.25) is 4.98 Å². The highest BCUT2D eigenvalue weighted by atomic mass is 32.2. The quantitative estimate of drug-likeness (QED) is 0.697. The summed E-state index contributed by atoms with van der Waals surface area (Å²) in [4.78, 5) is 17.1. The molecule has 3 heterocycles. The van der Waals surface area contributed by atoms with Gasteiger partial charge in [-0.1, -0.05) is 0 Å². The molecule has 1 N–H and O–H groups in total. The summed E-state index contributed by atoms with van der Waals surface area (Å²) in [5, 5.41) is 8.81. The van der Waals surface area contributed by atoms with Crippen LogP contribution in [0.2, 0.25) is 0 Å². The number of hydrogen-bond donors (Lipinski definition) is 1. The Hall–Kier alpha value is -1.96. The summed E-state index contributed by atoms with van der Waals surface area (Å²) in [6, 6.07) is 2.56. The molecule has 1 amide bonds. The molecule has 13 heteroatoms. The van der Waals surface area contributed by atoms with Gasteiger partial charge in [0, 0.05) is 32.5 Å². The summed E-state index contributed by atoms with van der Waals surface area (Å²) >= 11 is 0. The van der Waals surface area contributed by atoms with Gasteiger partial charge in [-0.2, -0.15) is 17.5 Å². The van der Waals surface area contributed by atoms with E-state index in [0.717, 1.165) is 4.90 Å². The van der Waals surface area contributed by atoms with E-state index in [1.807, 2.05) is 0 Å². The van der Waals surface area contributed by atoms with Crippen molar-refractivity contribution in [3.05, 3.63) is 24.5 Å². The van der Waals surface area contributed by atoms with E-state index in [9.17, 15) is 26.4 Å². The molecule has 2 atom stereocenters. The van der Waals surface area contributed by atoms with Crippen LogP contribution in [0.1, 0.15) is 19.3 Å². The number of sulfonamides is 1. The highest BCUT2D eigenvalue weighted by Gasteiger charge is 2.48. The number of ether oxygens (including phenoxy) is 2. The Bertz CT molecular complexity index is 875. The van der Waals surface area contributed by atoms with E-state index >= 15 is 0 Å². The highest BCUT2D eigenvalue weighted by Crippen LogP contribution is 2.38. The molecule has 1 spiro atoms. The third kappa shape index (κ3) is 5.10. The standard InChI is InChI=1S/C18H24F3N3O6S/c1-23(31(27,28)14-3-2-6-22-10-14)13-9-17(29-12-13)4-7-24(8-5-17)16(26)30-15(11-25)18(19,20)21/h2-3,6,10,13,15,25H,4-5,7-9,11-12H2,1H3/t13?,15-/m1/s1. The molecule has 0 saturated carbocycles. The number of carbonyl (C=O) groups excluding carboxylic acids is 1. The number of likely N-dealkylation sites (tertiary alicyclic amines) is 1. The Kier molecular flexibility index (Phi) is 6.79. The van der Waals surface area contributed by atoms with Crippen molar-refractivity contribution in [2.45, 2.75) is 48.1 Å². The highest BCUT2D eigenvalue weighted by molar-refractivity contribution is 7.89. The molecule has 0 aromatic carbocycles. The second-order valence-corrected chi connectivity index (χ2v) is 9.64. The van der Waals surface area contributed by atoms with E-state index in [0.29, 0.717) is 19.3 Å². The lowest BCUT2D eigenvalue weighted by atomic mass is 9.87. The molecule has 2 fully saturated rings. The zero-order valence-corrected chi connectivity index (χ0v) is 17.6. The van der Waals surface area contributed by atoms with Gasteiger partial charge < -0.3 is 19.5 Å². The van der Waals surface area contributed by atoms with E-state index in [-0.39, 0.29) is 24.6 Å². The molecule has 31 heavy (non-hydrogen) atoms. The number of alkyl halides is 3. The Morgan fingerprint density at radius 2 is 2.13 bits per heavy atom. The lowest BCUT2D eigenvalue weighted by molar-refractivity contribution is -0.215. The lowest BCUT2D eigenvalue weighted by Crippen LogP contribution is -2.49. The Morgan fingerprint density at radius 1 is 1.45 bits per heavy atom. The number of amides is 1. The number of aliphatic hydroxyl groups is 1. The van der Waals surface area contributed by atoms with Crippen LogP contribution < -0.4 is 0 Å². The minimum Gasteiger partial charge on any atom is -0.434 e. The van der Waals surface area contributed by atoms with Crippen LogP contribution >= 0.6 is 0 Å². The van der Waals surface area contributed by atoms with Crippen molar-refractivity contribution in [2.75, 3.05) is 33.4 Å². The first-order chi connectivity index (χ1) is 14.5. The smallest absolute Gasteiger partial charge is 0.427 e. The van der Waals surface area contributed by atoms with Gasteiger partial charge in [-0.25, -0.2) is 13.2 Å². The van der Waals surface area contributed by atoms with Crippen LogP contribution in [0, 0.1) is 0 Å². The van der Waals surface area contributed by atoms with Crippen molar-refractivity contribution in [3.63, 3.8) is 0 Å². The van der Waals surface area contributed by atoms with Crippen LogP contribution in [0.3, 0.4) is 0 Å². The second-order valence-electron chi connectivity index (χ2n) is 7.65. The van der Waals surface area contributed by atoms with Gasteiger partial charge in [0.15, 0.2) is 0 Å². The number of aliphatic hydroxyl groups excluding tert-OH is 1. The van der Waals surface area contributed by atoms with E-state index < -0.39 is 46.6 Å². The Balaban J connectivity index is 1.58. The maximum Gasteiger partial charge on any atom is 0.427 e. The molecular weight excluding hydrogens is 443 g/mol. The average molecular weight is 467 g/mol. The largest absolute Gasteiger partial charge is 0.434 e. The third-order valence-corrected chi connectivity index (χ3v) is 7.62. The number of halogens is 3. The molecule has 1 aromatic rings. The fraction of sp³-hybridized carbons (Fsp3) is 0.667. The summed E-state index contributed by atoms with van der Waals surface area (Å²) in [5.74, 6) is 0. The summed E-state index contributed by atoms with van der Waals surface area (Å²) in [7, 11) is -2.29. The molecule has 0 aliphatic carbocycles. The van der Waals surface area contributed by atoms with Crippen LogP contribution in [-0.2, 0) is 19.5 Å². The molecule has 2 aliphatic rings. The number of pyridine rings is 1. The predicted molar refractivity (Wildman–Crippen MR) is 100 cm³/mol. The number of aromatic nitrogens is 1. The van der Waals surface area contributed by atoms with Gasteiger partial charge >= 0.3 is 12.3 Å². The average Bonchev–Trinajstić information content (AvgIpc) is 3.14. The molecule has 1 unspecified atom stereocenters. The summed E-state index contributed by atoms with van der Waals surface area (Å²) in [6.07, 6.45) is -4.79. The first-order valence-electron chi connectivity index (χ1n) is 9.64. The minimum absolute atomic E-state index is 0.0686. The first-order valence-corrected chi connectivity index (χ1v) is 11.1. The van der Waals surface area contributed by atoms with Gasteiger partial charge in [0.2, 0.25) is 16.1 Å². The fourth-order valence-corrected chi connectivity index (χ4v) is 5.07. The molecule has 3 rings (SSSR count). The lowest BCUT2D eigenvalue weighted by Gasteiger charge is -2.38. The van der Waals surface area contributed by atoms with Gasteiger partial charge in [0.25, 0.3) is 0 Å². The van der Waals surface area contributed by atoms with E-state index in [1.165, 1.54) is 35.9 Å². The number of likely N-dealkylation sites (N-methyl/N-ethyl adjacent to an activating group) is 1. The van der Waals surface area contributed by atoms with Crippen LogP contribution in [0.15, 0.2) is 29.4 Å². The monoisotopic (exact) mass is 467 g/mol. The molecule has 1 aromatic heterocycles. The summed E-state index contributed by atoms with van der Waals surface area (Å²) < 4.78 is 75.2. The van der Waals surface area contributed by atoms with Gasteiger partial charge in [0.1, 0.15) is 4.90 Å². The number of piperidine rings is 1. The van der Waals surface area contributed by atoms with Crippen molar-refractivity contribution in [1.29, 1.82) is 0 Å². The topological polar surface area (TPSA) is 109 Å². The Morgan fingerprint density at radius 3 is 2.68 bits per heavy atom. The first kappa shape index (κ1) is 23.7. The minimum atomic E-state index is -4.85. The van der Waals surface area contributed by atoms with E-state index in [4.69, 9.17) is 9.84 Å². The third-order valence-electron chi connectivity index (χ3n) is 5.72. The number of carbonyl (C=O) groups is 1. The van der Waals surface area contributed by atoms with Crippen molar-refractivity contribution < 1.29 is 41.0 Å². The summed E-state index contributed by atoms with van der Waals surface area (Å²) in [6.45, 7) is -0.988. The zero-order valence-electron chi connectivity index (χ0n) is 16.8. The van der Waals surface area contributed by atoms with Crippen molar-refractivity contribution >= 4 is 16.1 Å². The van der Waals surface area contributed by atoms with E-state index in [2.05, 4.69) is 9.72 Å². The van der Waals surface area contributed by atoms with Crippen LogP contribution in [0.5, 0.6) is 0 Å². The maximum absolute atomic E-state index is 12.8. The van der Waals surface area contributed by atoms with Crippen molar-refractivity contribution in [3.8, 4) is 0 Å². The second kappa shape index (κ2) is 8.88. The zero-order chi connectivity index (χ0) is 22.9. The SMILES string of the molecule is CN(C1COC2(CCN(C(=O)O[C@H](CO)C(F)(F)F)CC2)C1)S(=O)(=O)c1cccnc1. The Labute approximate surface area is 177 Å². The predicted octanol–water partition coefficient (Wildman–Crippen LogP) is 1.39. The van der Waals surface area contributed by atoms with Gasteiger partial charge in [0.05, 0.1) is 24.9 Å². The summed E-state index contributed by atoms with van der Waals surface area (Å²) in [5.41, 5.74) is -0.666. The molecular formula is C18H24F3N3O6S. The molecule has 2 saturated heterocycles. The van der Waals surface area contributed by atoms with Crippen LogP contribution in [0.25, 0.3) is 0 Å². The van der Waals surface area contributed by atoms with E-state index in [1.54, 1.807) is 0 Å². The number of nitrogens with zero attached hydrogens (tertiary/aromatic N) is 3. The molecule has 2 aliphatic heterocycles. The maximum atomic E-state index is 12.8. The van der Waals surface area contributed by atoms with Crippen molar-refractivity contribution in [2.24, 2.45) is 0 Å². The van der Waals surface area contributed by atoms with Gasteiger partial charge in [-0.05, 0) is 31.4 Å². The molecule has 174 valence electrons. The normalized spacial score (nSPS) is 22.6. The molecule has 0 radical (unpaired) electrons. The number of rotatable bonds is 5. The van der Waals surface area contributed by atoms with Crippen LogP contribution in [0.4, 0.5) is 18.0 Å². The van der Waals surface area contributed by atoms with Crippen LogP contribution in [-0.4, -0.2) is 91.1 Å². The van der Waals surface area contributed by atoms with Gasteiger partial charge in [-0.15, -0.1) is 0 Å². The molecule has 0 bridgehead atoms.